The van der Waals surface area contributed by atoms with E-state index in [9.17, 15) is 13.0 Å². The van der Waals surface area contributed by atoms with Crippen molar-refractivity contribution >= 4 is 16.0 Å². The van der Waals surface area contributed by atoms with Crippen molar-refractivity contribution in [2.75, 3.05) is 0 Å². The summed E-state index contributed by atoms with van der Waals surface area (Å²) in [5.41, 5.74) is 1.24. The molecule has 2 aromatic rings. The predicted octanol–water partition coefficient (Wildman–Crippen LogP) is 2.46. The molecule has 0 aliphatic heterocycles. The van der Waals surface area contributed by atoms with Crippen molar-refractivity contribution in [1.82, 2.24) is 4.31 Å². The average molecular weight is 263 g/mol. The van der Waals surface area contributed by atoms with Gasteiger partial charge in [0.15, 0.2) is 6.54 Å². The molecule has 1 radical (unpaired) electrons. The first-order chi connectivity index (χ1) is 8.57. The van der Waals surface area contributed by atoms with Gasteiger partial charge in [-0.05, 0) is 0 Å². The van der Waals surface area contributed by atoms with Gasteiger partial charge in [0.2, 0.25) is 5.69 Å². The zero-order valence-corrected chi connectivity index (χ0v) is 10.4. The monoisotopic (exact) mass is 263 g/mol. The number of benzene rings is 2. The topological polar surface area (TPSA) is 60.3 Å². The number of hydrogen-bond acceptors (Lipinski definition) is 2. The van der Waals surface area contributed by atoms with Crippen LogP contribution in [-0.2, 0) is 16.8 Å². The van der Waals surface area contributed by atoms with Crippen molar-refractivity contribution in [3.63, 3.8) is 0 Å². The van der Waals surface area contributed by atoms with Crippen molar-refractivity contribution < 1.29 is 13.0 Å². The van der Waals surface area contributed by atoms with Crippen LogP contribution in [0, 0.1) is 0 Å². The molecule has 0 amide bonds. The lowest BCUT2D eigenvalue weighted by Crippen LogP contribution is -2.30. The Bertz CT molecular complexity index is 597. The quantitative estimate of drug-likeness (QED) is 0.681. The molecule has 0 saturated carbocycles. The highest BCUT2D eigenvalue weighted by molar-refractivity contribution is 7.84. The summed E-state index contributed by atoms with van der Waals surface area (Å²) in [7, 11) is -4.28. The van der Waals surface area contributed by atoms with Crippen LogP contribution in [0.2, 0.25) is 0 Å². The molecule has 0 spiro atoms. The van der Waals surface area contributed by atoms with Crippen LogP contribution in [0.3, 0.4) is 0 Å². The van der Waals surface area contributed by atoms with E-state index in [2.05, 4.69) is 0 Å². The van der Waals surface area contributed by atoms with E-state index in [0.29, 0.717) is 5.69 Å². The summed E-state index contributed by atoms with van der Waals surface area (Å²) in [6, 6.07) is 17.6. The summed E-state index contributed by atoms with van der Waals surface area (Å²) in [5, 5.41) is 0. The van der Waals surface area contributed by atoms with Gasteiger partial charge in [0.25, 0.3) is 0 Å². The first kappa shape index (κ1) is 12.8. The molecule has 2 rings (SSSR count). The second kappa shape index (κ2) is 5.30. The largest absolute Gasteiger partial charge is 0.485 e. The van der Waals surface area contributed by atoms with E-state index in [4.69, 9.17) is 0 Å². The third-order valence-corrected chi connectivity index (χ3v) is 3.39. The van der Waals surface area contributed by atoms with Crippen molar-refractivity contribution in [1.29, 1.82) is 0 Å². The van der Waals surface area contributed by atoms with Gasteiger partial charge in [0.05, 0.1) is 0 Å². The maximum atomic E-state index is 11.4. The molecular weight excluding hydrogens is 250 g/mol. The Kier molecular flexibility index (Phi) is 3.76. The summed E-state index contributed by atoms with van der Waals surface area (Å²) >= 11 is 0. The number of anilines is 1. The molecule has 0 fully saturated rings. The SMILES string of the molecule is O=S(=O)(O)[N+](Cc1ccccc1)c1ccccc1. The van der Waals surface area contributed by atoms with E-state index in [1.807, 2.05) is 18.2 Å². The second-order valence-electron chi connectivity index (χ2n) is 3.81. The van der Waals surface area contributed by atoms with E-state index in [-0.39, 0.29) is 6.54 Å². The van der Waals surface area contributed by atoms with Gasteiger partial charge in [-0.2, -0.15) is 0 Å². The zero-order valence-electron chi connectivity index (χ0n) is 9.60. The molecule has 4 nitrogen and oxygen atoms in total. The molecule has 0 aliphatic rings. The summed E-state index contributed by atoms with van der Waals surface area (Å²) in [6.45, 7) is 0.101. The Balaban J connectivity index is 2.34. The van der Waals surface area contributed by atoms with Crippen molar-refractivity contribution in [3.05, 3.63) is 66.2 Å². The predicted molar refractivity (Wildman–Crippen MR) is 69.9 cm³/mol. The third kappa shape index (κ3) is 3.16. The average Bonchev–Trinajstić information content (AvgIpc) is 2.37. The van der Waals surface area contributed by atoms with Crippen LogP contribution in [0.1, 0.15) is 5.56 Å². The van der Waals surface area contributed by atoms with Crippen molar-refractivity contribution in [3.8, 4) is 0 Å². The Labute approximate surface area is 106 Å². The van der Waals surface area contributed by atoms with E-state index in [0.717, 1.165) is 9.87 Å². The standard InChI is InChI=1S/C13H13NO3S/c15-18(16,17)14(13-9-5-2-6-10-13)11-12-7-3-1-4-8-12/h1-10H,11H2,(H,15,16,17)/q+1. The number of rotatable bonds is 4. The van der Waals surface area contributed by atoms with Gasteiger partial charge in [-0.15, -0.1) is 8.42 Å². The first-order valence-electron chi connectivity index (χ1n) is 5.41. The van der Waals surface area contributed by atoms with E-state index in [1.54, 1.807) is 42.5 Å². The molecule has 5 heteroatoms. The molecule has 18 heavy (non-hydrogen) atoms. The summed E-state index contributed by atoms with van der Waals surface area (Å²) in [5.74, 6) is 0. The Morgan fingerprint density at radius 2 is 1.39 bits per heavy atom. The van der Waals surface area contributed by atoms with Gasteiger partial charge in [0, 0.05) is 22.0 Å². The minimum absolute atomic E-state index is 0.101. The second-order valence-corrected chi connectivity index (χ2v) is 5.14. The summed E-state index contributed by atoms with van der Waals surface area (Å²) < 4.78 is 33.1. The Morgan fingerprint density at radius 1 is 0.889 bits per heavy atom. The highest BCUT2D eigenvalue weighted by Gasteiger charge is 2.33. The maximum Gasteiger partial charge on any atom is 0.485 e. The molecule has 0 heterocycles. The van der Waals surface area contributed by atoms with Gasteiger partial charge < -0.3 is 0 Å². The van der Waals surface area contributed by atoms with Crippen LogP contribution >= 0.6 is 0 Å². The molecule has 1 N–H and O–H groups in total. The molecule has 0 saturated heterocycles. The van der Waals surface area contributed by atoms with Crippen LogP contribution in [0.15, 0.2) is 60.7 Å². The lowest BCUT2D eigenvalue weighted by atomic mass is 10.2. The van der Waals surface area contributed by atoms with Crippen LogP contribution in [0.4, 0.5) is 5.69 Å². The van der Waals surface area contributed by atoms with E-state index < -0.39 is 10.3 Å². The van der Waals surface area contributed by atoms with Crippen LogP contribution in [0.5, 0.6) is 0 Å². The van der Waals surface area contributed by atoms with Crippen molar-refractivity contribution in [2.45, 2.75) is 6.54 Å². The Hall–Kier alpha value is -1.69. The zero-order chi connectivity index (χ0) is 13.0. The fourth-order valence-electron chi connectivity index (χ4n) is 1.65. The van der Waals surface area contributed by atoms with Gasteiger partial charge >= 0.3 is 10.3 Å². The van der Waals surface area contributed by atoms with Crippen LogP contribution < -0.4 is 4.31 Å². The normalized spacial score (nSPS) is 11.7. The molecule has 0 bridgehead atoms. The van der Waals surface area contributed by atoms with Gasteiger partial charge in [-0.1, -0.05) is 48.5 Å². The summed E-state index contributed by atoms with van der Waals surface area (Å²) in [4.78, 5) is 0. The van der Waals surface area contributed by atoms with Crippen LogP contribution in [0.25, 0.3) is 0 Å². The molecule has 93 valence electrons. The lowest BCUT2D eigenvalue weighted by molar-refractivity contribution is 0.445. The molecule has 0 aromatic heterocycles. The Morgan fingerprint density at radius 3 is 1.89 bits per heavy atom. The first-order valence-corrected chi connectivity index (χ1v) is 6.81. The van der Waals surface area contributed by atoms with Gasteiger partial charge in [-0.3, -0.25) is 0 Å². The van der Waals surface area contributed by atoms with E-state index in [1.165, 1.54) is 0 Å². The molecule has 0 unspecified atom stereocenters. The minimum atomic E-state index is -4.28. The lowest BCUT2D eigenvalue weighted by Gasteiger charge is -2.07. The summed E-state index contributed by atoms with van der Waals surface area (Å²) in [6.07, 6.45) is 0. The minimum Gasteiger partial charge on any atom is -0.237 e. The molecule has 2 aromatic carbocycles. The smallest absolute Gasteiger partial charge is 0.237 e. The third-order valence-electron chi connectivity index (χ3n) is 2.49. The number of hydrogen-bond donors (Lipinski definition) is 1. The van der Waals surface area contributed by atoms with Gasteiger partial charge in [0.1, 0.15) is 0 Å². The van der Waals surface area contributed by atoms with Crippen LogP contribution in [-0.4, -0.2) is 13.0 Å². The molecular formula is C13H13NO3S+. The number of nitrogens with zero attached hydrogens (tertiary/aromatic N) is 1. The fraction of sp³-hybridized carbons (Fsp3) is 0.0769. The molecule has 0 aliphatic carbocycles. The highest BCUT2D eigenvalue weighted by Crippen LogP contribution is 2.18. The maximum absolute atomic E-state index is 11.4. The van der Waals surface area contributed by atoms with E-state index >= 15 is 0 Å². The number of para-hydroxylation sites is 1. The van der Waals surface area contributed by atoms with Crippen molar-refractivity contribution in [2.24, 2.45) is 0 Å². The fourth-order valence-corrected chi connectivity index (χ4v) is 2.35. The van der Waals surface area contributed by atoms with Gasteiger partial charge in [-0.25, -0.2) is 4.55 Å². The highest BCUT2D eigenvalue weighted by atomic mass is 32.2. The molecule has 0 atom stereocenters.